The SMILES string of the molecule is COc1ccc(/C=C/C(=O)Nc2c(C)cc(C)cc2Cl)cc1OC. The lowest BCUT2D eigenvalue weighted by atomic mass is 10.1. The summed E-state index contributed by atoms with van der Waals surface area (Å²) in [4.78, 5) is 12.1. The highest BCUT2D eigenvalue weighted by Crippen LogP contribution is 2.29. The number of ether oxygens (including phenoxy) is 2. The molecule has 0 aliphatic rings. The Hall–Kier alpha value is -2.46. The number of hydrogen-bond acceptors (Lipinski definition) is 3. The van der Waals surface area contributed by atoms with Gasteiger partial charge in [0.15, 0.2) is 11.5 Å². The van der Waals surface area contributed by atoms with E-state index in [0.717, 1.165) is 16.7 Å². The van der Waals surface area contributed by atoms with Crippen molar-refractivity contribution in [2.45, 2.75) is 13.8 Å². The number of amides is 1. The van der Waals surface area contributed by atoms with Crippen LogP contribution in [-0.4, -0.2) is 20.1 Å². The van der Waals surface area contributed by atoms with Gasteiger partial charge in [0.25, 0.3) is 0 Å². The summed E-state index contributed by atoms with van der Waals surface area (Å²) >= 11 is 6.20. The van der Waals surface area contributed by atoms with Gasteiger partial charge in [0.1, 0.15) is 0 Å². The van der Waals surface area contributed by atoms with Crippen molar-refractivity contribution >= 4 is 29.3 Å². The van der Waals surface area contributed by atoms with Gasteiger partial charge < -0.3 is 14.8 Å². The lowest BCUT2D eigenvalue weighted by Crippen LogP contribution is -2.09. The van der Waals surface area contributed by atoms with Crippen molar-refractivity contribution in [1.82, 2.24) is 0 Å². The molecule has 0 saturated heterocycles. The van der Waals surface area contributed by atoms with Crippen LogP contribution in [0.3, 0.4) is 0 Å². The van der Waals surface area contributed by atoms with Crippen LogP contribution in [0.4, 0.5) is 5.69 Å². The Kier molecular flexibility index (Phi) is 5.88. The molecule has 0 fully saturated rings. The lowest BCUT2D eigenvalue weighted by Gasteiger charge is -2.10. The average molecular weight is 346 g/mol. The van der Waals surface area contributed by atoms with Crippen molar-refractivity contribution < 1.29 is 14.3 Å². The van der Waals surface area contributed by atoms with Gasteiger partial charge in [-0.25, -0.2) is 0 Å². The Balaban J connectivity index is 2.14. The van der Waals surface area contributed by atoms with Crippen LogP contribution < -0.4 is 14.8 Å². The summed E-state index contributed by atoms with van der Waals surface area (Å²) in [7, 11) is 3.15. The van der Waals surface area contributed by atoms with Crippen molar-refractivity contribution in [3.8, 4) is 11.5 Å². The van der Waals surface area contributed by atoms with E-state index in [0.29, 0.717) is 22.2 Å². The number of rotatable bonds is 5. The molecule has 0 unspecified atom stereocenters. The normalized spacial score (nSPS) is 10.7. The first kappa shape index (κ1) is 17.9. The maximum atomic E-state index is 12.1. The van der Waals surface area contributed by atoms with Gasteiger partial charge in [0.05, 0.1) is 24.9 Å². The van der Waals surface area contributed by atoms with Crippen molar-refractivity contribution in [2.75, 3.05) is 19.5 Å². The molecular weight excluding hydrogens is 326 g/mol. The summed E-state index contributed by atoms with van der Waals surface area (Å²) in [5.74, 6) is 0.997. The summed E-state index contributed by atoms with van der Waals surface area (Å²) in [6.07, 6.45) is 3.16. The molecule has 5 heteroatoms. The van der Waals surface area contributed by atoms with E-state index in [9.17, 15) is 4.79 Å². The third kappa shape index (κ3) is 4.30. The number of carbonyl (C=O) groups excluding carboxylic acids is 1. The minimum atomic E-state index is -0.251. The van der Waals surface area contributed by atoms with Gasteiger partial charge in [-0.3, -0.25) is 4.79 Å². The Bertz CT molecular complexity index is 761. The van der Waals surface area contributed by atoms with E-state index in [1.165, 1.54) is 6.08 Å². The molecule has 2 rings (SSSR count). The minimum absolute atomic E-state index is 0.251. The monoisotopic (exact) mass is 345 g/mol. The number of carbonyl (C=O) groups is 1. The van der Waals surface area contributed by atoms with E-state index >= 15 is 0 Å². The Labute approximate surface area is 147 Å². The molecule has 0 aliphatic carbocycles. The van der Waals surface area contributed by atoms with Crippen molar-refractivity contribution in [3.63, 3.8) is 0 Å². The van der Waals surface area contributed by atoms with E-state index in [2.05, 4.69) is 5.32 Å². The highest BCUT2D eigenvalue weighted by molar-refractivity contribution is 6.34. The van der Waals surface area contributed by atoms with Gasteiger partial charge in [-0.2, -0.15) is 0 Å². The van der Waals surface area contributed by atoms with E-state index in [4.69, 9.17) is 21.1 Å². The molecule has 0 atom stereocenters. The van der Waals surface area contributed by atoms with E-state index < -0.39 is 0 Å². The molecule has 1 N–H and O–H groups in total. The second-order valence-corrected chi connectivity index (χ2v) is 5.78. The fourth-order valence-electron chi connectivity index (χ4n) is 2.37. The van der Waals surface area contributed by atoms with Crippen LogP contribution in [0, 0.1) is 13.8 Å². The predicted molar refractivity (Wildman–Crippen MR) is 98.1 cm³/mol. The molecule has 0 spiro atoms. The van der Waals surface area contributed by atoms with Crippen LogP contribution >= 0.6 is 11.6 Å². The molecule has 0 aromatic heterocycles. The molecule has 0 radical (unpaired) electrons. The summed E-state index contributed by atoms with van der Waals surface area (Å²) < 4.78 is 10.4. The number of halogens is 1. The van der Waals surface area contributed by atoms with Crippen LogP contribution in [-0.2, 0) is 4.79 Å². The molecule has 24 heavy (non-hydrogen) atoms. The first-order valence-corrected chi connectivity index (χ1v) is 7.80. The number of anilines is 1. The first-order chi connectivity index (χ1) is 11.4. The Morgan fingerprint density at radius 1 is 1.08 bits per heavy atom. The number of nitrogens with one attached hydrogen (secondary N) is 1. The second-order valence-electron chi connectivity index (χ2n) is 5.38. The van der Waals surface area contributed by atoms with Crippen LogP contribution in [0.25, 0.3) is 6.08 Å². The average Bonchev–Trinajstić information content (AvgIpc) is 2.55. The summed E-state index contributed by atoms with van der Waals surface area (Å²) in [5.41, 5.74) is 3.43. The minimum Gasteiger partial charge on any atom is -0.493 e. The molecule has 1 amide bonds. The molecule has 0 heterocycles. The molecule has 126 valence electrons. The third-order valence-corrected chi connectivity index (χ3v) is 3.81. The first-order valence-electron chi connectivity index (χ1n) is 7.42. The molecule has 2 aromatic rings. The molecule has 2 aromatic carbocycles. The Morgan fingerprint density at radius 2 is 1.79 bits per heavy atom. The number of benzene rings is 2. The summed E-state index contributed by atoms with van der Waals surface area (Å²) in [6.45, 7) is 3.87. The summed E-state index contributed by atoms with van der Waals surface area (Å²) in [6, 6.07) is 9.22. The zero-order chi connectivity index (χ0) is 17.7. The van der Waals surface area contributed by atoms with Crippen molar-refractivity contribution in [1.29, 1.82) is 0 Å². The molecular formula is C19H20ClNO3. The number of aryl methyl sites for hydroxylation is 2. The van der Waals surface area contributed by atoms with Crippen LogP contribution in [0.2, 0.25) is 5.02 Å². The van der Waals surface area contributed by atoms with Gasteiger partial charge in [-0.05, 0) is 54.8 Å². The smallest absolute Gasteiger partial charge is 0.248 e. The summed E-state index contributed by atoms with van der Waals surface area (Å²) in [5, 5.41) is 3.34. The van der Waals surface area contributed by atoms with Crippen LogP contribution in [0.5, 0.6) is 11.5 Å². The standard InChI is InChI=1S/C19H20ClNO3/c1-12-9-13(2)19(15(20)10-12)21-18(22)8-6-14-5-7-16(23-3)17(11-14)24-4/h5-11H,1-4H3,(H,21,22)/b8-6+. The molecule has 0 bridgehead atoms. The van der Waals surface area contributed by atoms with E-state index in [1.54, 1.807) is 32.4 Å². The zero-order valence-electron chi connectivity index (χ0n) is 14.1. The van der Waals surface area contributed by atoms with Gasteiger partial charge in [-0.15, -0.1) is 0 Å². The largest absolute Gasteiger partial charge is 0.493 e. The van der Waals surface area contributed by atoms with Gasteiger partial charge in [-0.1, -0.05) is 23.7 Å². The number of methoxy groups -OCH3 is 2. The van der Waals surface area contributed by atoms with Gasteiger partial charge in [0, 0.05) is 6.08 Å². The highest BCUT2D eigenvalue weighted by atomic mass is 35.5. The van der Waals surface area contributed by atoms with Crippen LogP contribution in [0.1, 0.15) is 16.7 Å². The zero-order valence-corrected chi connectivity index (χ0v) is 14.9. The van der Waals surface area contributed by atoms with Crippen LogP contribution in [0.15, 0.2) is 36.4 Å². The second kappa shape index (κ2) is 7.88. The Morgan fingerprint density at radius 3 is 2.42 bits per heavy atom. The number of hydrogen-bond donors (Lipinski definition) is 1. The van der Waals surface area contributed by atoms with E-state index in [-0.39, 0.29) is 5.91 Å². The molecule has 0 saturated carbocycles. The van der Waals surface area contributed by atoms with Gasteiger partial charge >= 0.3 is 0 Å². The molecule has 0 aliphatic heterocycles. The van der Waals surface area contributed by atoms with Crippen molar-refractivity contribution in [2.24, 2.45) is 0 Å². The quantitative estimate of drug-likeness (QED) is 0.804. The van der Waals surface area contributed by atoms with Gasteiger partial charge in [0.2, 0.25) is 5.91 Å². The maximum absolute atomic E-state index is 12.1. The predicted octanol–water partition coefficient (Wildman–Crippen LogP) is 4.63. The fourth-order valence-corrected chi connectivity index (χ4v) is 2.74. The van der Waals surface area contributed by atoms with E-state index in [1.807, 2.05) is 32.0 Å². The fraction of sp³-hybridized carbons (Fsp3) is 0.211. The highest BCUT2D eigenvalue weighted by Gasteiger charge is 2.08. The third-order valence-electron chi connectivity index (χ3n) is 3.51. The maximum Gasteiger partial charge on any atom is 0.248 e. The topological polar surface area (TPSA) is 47.6 Å². The lowest BCUT2D eigenvalue weighted by molar-refractivity contribution is -0.111. The van der Waals surface area contributed by atoms with Crippen molar-refractivity contribution in [3.05, 3.63) is 58.1 Å². The molecule has 4 nitrogen and oxygen atoms in total.